The molecule has 1 heterocycles. The van der Waals surface area contributed by atoms with E-state index < -0.39 is 0 Å². The van der Waals surface area contributed by atoms with Crippen molar-refractivity contribution in [1.82, 2.24) is 10.3 Å². The van der Waals surface area contributed by atoms with Crippen LogP contribution in [0.4, 0.5) is 0 Å². The molecule has 2 N–H and O–H groups in total. The van der Waals surface area contributed by atoms with Crippen molar-refractivity contribution in [3.05, 3.63) is 34.2 Å². The number of hydrogen-bond donors (Lipinski definition) is 2. The fourth-order valence-corrected chi connectivity index (χ4v) is 2.42. The van der Waals surface area contributed by atoms with E-state index in [0.717, 1.165) is 11.8 Å². The van der Waals surface area contributed by atoms with Crippen LogP contribution < -0.4 is 10.9 Å². The van der Waals surface area contributed by atoms with Crippen molar-refractivity contribution in [3.8, 4) is 0 Å². The molecule has 0 aliphatic rings. The molecule has 0 aliphatic heterocycles. The van der Waals surface area contributed by atoms with Crippen LogP contribution in [0.5, 0.6) is 0 Å². The highest BCUT2D eigenvalue weighted by Crippen LogP contribution is 2.19. The summed E-state index contributed by atoms with van der Waals surface area (Å²) in [4.78, 5) is 25.3. The molecule has 0 aliphatic carbocycles. The molecule has 0 spiro atoms. The van der Waals surface area contributed by atoms with Crippen molar-refractivity contribution >= 4 is 21.8 Å². The summed E-state index contributed by atoms with van der Waals surface area (Å²) in [5, 5.41) is 3.74. The molecule has 0 unspecified atom stereocenters. The minimum atomic E-state index is -0.266. The third kappa shape index (κ3) is 4.73. The van der Waals surface area contributed by atoms with Crippen molar-refractivity contribution in [2.75, 3.05) is 11.9 Å². The van der Waals surface area contributed by atoms with Crippen molar-refractivity contribution < 1.29 is 4.79 Å². The molecule has 0 atom stereocenters. The molecule has 94 valence electrons. The van der Waals surface area contributed by atoms with E-state index in [0.29, 0.717) is 12.1 Å². The van der Waals surface area contributed by atoms with Crippen molar-refractivity contribution in [3.63, 3.8) is 0 Å². The molecule has 0 saturated carbocycles. The molecule has 0 radical (unpaired) electrons. The van der Waals surface area contributed by atoms with Crippen LogP contribution in [-0.2, 0) is 0 Å². The maximum Gasteiger partial charge on any atom is 0.251 e. The van der Waals surface area contributed by atoms with E-state index in [-0.39, 0.29) is 16.9 Å². The standard InChI is InChI=1S/C12H17BrN2O2/c1-12(2,4-5-13)8-15-11(17)9-3-6-14-10(16)7-9/h3,6-7H,4-5,8H2,1-2H3,(H,14,16)(H,15,17). The second-order valence-corrected chi connectivity index (χ2v) is 5.52. The average Bonchev–Trinajstić information content (AvgIpc) is 2.26. The number of hydrogen-bond acceptors (Lipinski definition) is 2. The fourth-order valence-electron chi connectivity index (χ4n) is 1.35. The number of alkyl halides is 1. The van der Waals surface area contributed by atoms with Gasteiger partial charge in [-0.1, -0.05) is 29.8 Å². The smallest absolute Gasteiger partial charge is 0.251 e. The molecular weight excluding hydrogens is 284 g/mol. The molecule has 1 aromatic rings. The van der Waals surface area contributed by atoms with E-state index in [1.165, 1.54) is 12.3 Å². The molecular formula is C12H17BrN2O2. The Balaban J connectivity index is 2.59. The molecule has 0 saturated heterocycles. The van der Waals surface area contributed by atoms with Crippen LogP contribution in [0.3, 0.4) is 0 Å². The van der Waals surface area contributed by atoms with Crippen LogP contribution in [0.25, 0.3) is 0 Å². The Labute approximate surface area is 109 Å². The first-order valence-corrected chi connectivity index (χ1v) is 6.60. The van der Waals surface area contributed by atoms with E-state index in [2.05, 4.69) is 40.1 Å². The van der Waals surface area contributed by atoms with E-state index in [1.807, 2.05) is 0 Å². The summed E-state index contributed by atoms with van der Waals surface area (Å²) in [6.07, 6.45) is 2.45. The third-order valence-electron chi connectivity index (χ3n) is 2.54. The molecule has 17 heavy (non-hydrogen) atoms. The van der Waals surface area contributed by atoms with Crippen LogP contribution in [0.1, 0.15) is 30.6 Å². The Morgan fingerprint density at radius 2 is 2.24 bits per heavy atom. The number of carbonyl (C=O) groups is 1. The molecule has 0 bridgehead atoms. The first kappa shape index (κ1) is 14.0. The van der Waals surface area contributed by atoms with Gasteiger partial charge in [0.2, 0.25) is 5.56 Å². The Bertz CT molecular complexity index is 440. The maximum absolute atomic E-state index is 11.8. The van der Waals surface area contributed by atoms with Crippen molar-refractivity contribution in [2.45, 2.75) is 20.3 Å². The van der Waals surface area contributed by atoms with Gasteiger partial charge in [0.25, 0.3) is 5.91 Å². The van der Waals surface area contributed by atoms with Gasteiger partial charge in [-0.25, -0.2) is 0 Å². The quantitative estimate of drug-likeness (QED) is 0.816. The number of amides is 1. The Morgan fingerprint density at radius 3 is 2.82 bits per heavy atom. The highest BCUT2D eigenvalue weighted by atomic mass is 79.9. The summed E-state index contributed by atoms with van der Waals surface area (Å²) in [5.41, 5.74) is 0.168. The van der Waals surface area contributed by atoms with Crippen LogP contribution in [0.15, 0.2) is 23.1 Å². The lowest BCUT2D eigenvalue weighted by molar-refractivity contribution is 0.0935. The average molecular weight is 301 g/mol. The Hall–Kier alpha value is -1.10. The minimum Gasteiger partial charge on any atom is -0.351 e. The first-order chi connectivity index (χ1) is 7.94. The largest absolute Gasteiger partial charge is 0.351 e. The van der Waals surface area contributed by atoms with Gasteiger partial charge in [-0.2, -0.15) is 0 Å². The number of halogens is 1. The fraction of sp³-hybridized carbons (Fsp3) is 0.500. The normalized spacial score (nSPS) is 11.2. The lowest BCUT2D eigenvalue weighted by atomic mass is 9.90. The van der Waals surface area contributed by atoms with Gasteiger partial charge in [-0.3, -0.25) is 9.59 Å². The van der Waals surface area contributed by atoms with Crippen LogP contribution in [0, 0.1) is 5.41 Å². The van der Waals surface area contributed by atoms with Gasteiger partial charge in [0.05, 0.1) is 0 Å². The molecule has 1 aromatic heterocycles. The highest BCUT2D eigenvalue weighted by molar-refractivity contribution is 9.09. The monoisotopic (exact) mass is 300 g/mol. The summed E-state index contributed by atoms with van der Waals surface area (Å²) in [6.45, 7) is 4.77. The zero-order chi connectivity index (χ0) is 12.9. The lowest BCUT2D eigenvalue weighted by Crippen LogP contribution is -2.34. The number of H-pyrrole nitrogens is 1. The molecule has 1 amide bonds. The highest BCUT2D eigenvalue weighted by Gasteiger charge is 2.18. The van der Waals surface area contributed by atoms with Gasteiger partial charge in [0.1, 0.15) is 0 Å². The van der Waals surface area contributed by atoms with Crippen LogP contribution in [-0.4, -0.2) is 22.8 Å². The number of pyridine rings is 1. The van der Waals surface area contributed by atoms with Crippen molar-refractivity contribution in [2.24, 2.45) is 5.41 Å². The van der Waals surface area contributed by atoms with Gasteiger partial charge >= 0.3 is 0 Å². The second kappa shape index (κ2) is 6.00. The summed E-state index contributed by atoms with van der Waals surface area (Å²) in [6, 6.07) is 2.89. The van der Waals surface area contributed by atoms with E-state index in [9.17, 15) is 9.59 Å². The number of nitrogens with one attached hydrogen (secondary N) is 2. The third-order valence-corrected chi connectivity index (χ3v) is 2.93. The SMILES string of the molecule is CC(C)(CCBr)CNC(=O)c1cc[nH]c(=O)c1. The van der Waals surface area contributed by atoms with E-state index in [1.54, 1.807) is 6.07 Å². The summed E-state index contributed by atoms with van der Waals surface area (Å²) in [5.74, 6) is -0.209. The van der Waals surface area contributed by atoms with Gasteiger partial charge in [-0.05, 0) is 17.9 Å². The molecule has 0 fully saturated rings. The summed E-state index contributed by atoms with van der Waals surface area (Å²) in [7, 11) is 0. The number of aromatic amines is 1. The van der Waals surface area contributed by atoms with Crippen molar-refractivity contribution in [1.29, 1.82) is 0 Å². The first-order valence-electron chi connectivity index (χ1n) is 5.47. The number of rotatable bonds is 5. The zero-order valence-electron chi connectivity index (χ0n) is 10.0. The van der Waals surface area contributed by atoms with E-state index >= 15 is 0 Å². The van der Waals surface area contributed by atoms with Crippen LogP contribution in [0.2, 0.25) is 0 Å². The van der Waals surface area contributed by atoms with Gasteiger partial charge in [0.15, 0.2) is 0 Å². The Morgan fingerprint density at radius 1 is 1.53 bits per heavy atom. The molecule has 1 rings (SSSR count). The maximum atomic E-state index is 11.8. The predicted octanol–water partition coefficient (Wildman–Crippen LogP) is 1.92. The van der Waals surface area contributed by atoms with Gasteiger partial charge in [-0.15, -0.1) is 0 Å². The lowest BCUT2D eigenvalue weighted by Gasteiger charge is -2.23. The Kier molecular flexibility index (Phi) is 4.93. The number of carbonyl (C=O) groups excluding carboxylic acids is 1. The van der Waals surface area contributed by atoms with Gasteiger partial charge < -0.3 is 10.3 Å². The van der Waals surface area contributed by atoms with Gasteiger partial charge in [0, 0.05) is 29.7 Å². The predicted molar refractivity (Wildman–Crippen MR) is 71.6 cm³/mol. The molecule has 0 aromatic carbocycles. The topological polar surface area (TPSA) is 62.0 Å². The van der Waals surface area contributed by atoms with Crippen LogP contribution >= 0.6 is 15.9 Å². The molecule has 5 heteroatoms. The summed E-state index contributed by atoms with van der Waals surface area (Å²) < 4.78 is 0. The molecule has 4 nitrogen and oxygen atoms in total. The zero-order valence-corrected chi connectivity index (χ0v) is 11.6. The summed E-state index contributed by atoms with van der Waals surface area (Å²) >= 11 is 3.39. The minimum absolute atomic E-state index is 0.0420. The second-order valence-electron chi connectivity index (χ2n) is 4.73. The number of aromatic nitrogens is 1. The van der Waals surface area contributed by atoms with E-state index in [4.69, 9.17) is 0 Å².